The van der Waals surface area contributed by atoms with E-state index in [2.05, 4.69) is 20.9 Å². The molecule has 218 valence electrons. The van der Waals surface area contributed by atoms with E-state index in [9.17, 15) is 34.2 Å². The second-order valence-corrected chi connectivity index (χ2v) is 9.71. The Hall–Kier alpha value is -4.75. The lowest BCUT2D eigenvalue weighted by Gasteiger charge is -2.25. The third kappa shape index (κ3) is 8.62. The Kier molecular flexibility index (Phi) is 10.6. The minimum atomic E-state index is -1.51. The topological polar surface area (TPSA) is 230 Å². The van der Waals surface area contributed by atoms with Crippen LogP contribution >= 0.6 is 0 Å². The molecule has 10 N–H and O–H groups in total. The molecule has 13 nitrogen and oxygen atoms in total. The van der Waals surface area contributed by atoms with Crippen LogP contribution in [0.1, 0.15) is 24.5 Å². The van der Waals surface area contributed by atoms with Crippen LogP contribution in [0.3, 0.4) is 0 Å². The van der Waals surface area contributed by atoms with E-state index in [4.69, 9.17) is 11.5 Å². The van der Waals surface area contributed by atoms with Gasteiger partial charge >= 0.3 is 5.97 Å². The van der Waals surface area contributed by atoms with Crippen molar-refractivity contribution in [1.29, 1.82) is 0 Å². The third-order valence-electron chi connectivity index (χ3n) is 6.49. The average molecular weight is 567 g/mol. The number of benzene rings is 2. The maximum atomic E-state index is 13.5. The summed E-state index contributed by atoms with van der Waals surface area (Å²) in [5.74, 6) is -4.82. The molecule has 13 heteroatoms. The monoisotopic (exact) mass is 566 g/mol. The van der Waals surface area contributed by atoms with E-state index in [1.54, 1.807) is 42.6 Å². The molecule has 2 aromatic carbocycles. The maximum absolute atomic E-state index is 13.5. The van der Waals surface area contributed by atoms with Crippen LogP contribution in [-0.4, -0.2) is 75.1 Å². The standard InChI is InChI=1S/C28H34N6O7/c1-15(35)24(30)27(39)33-21(13-23(29)36)26(38)32-20(12-17-14-31-19-10-6-5-9-18(17)19)25(37)34-22(28(40)41)11-16-7-3-2-4-8-16/h2-10,14-15,20-22,24,31,35H,11-13,30H2,1H3,(H2,29,36)(H,32,38)(H,33,39)(H,34,37)(H,40,41). The Morgan fingerprint density at radius 2 is 1.41 bits per heavy atom. The summed E-state index contributed by atoms with van der Waals surface area (Å²) in [5, 5.41) is 27.5. The fourth-order valence-electron chi connectivity index (χ4n) is 4.22. The number of carboxylic acid groups (broad SMARTS) is 1. The molecule has 5 atom stereocenters. The SMILES string of the molecule is CC(O)C(N)C(=O)NC(CC(N)=O)C(=O)NC(Cc1c[nH]c2ccccc12)C(=O)NC(Cc1ccccc1)C(=O)O. The molecule has 1 aromatic heterocycles. The molecule has 0 spiro atoms. The van der Waals surface area contributed by atoms with E-state index >= 15 is 0 Å². The number of aromatic amines is 1. The highest BCUT2D eigenvalue weighted by molar-refractivity contribution is 5.96. The number of aromatic nitrogens is 1. The van der Waals surface area contributed by atoms with Crippen LogP contribution < -0.4 is 27.4 Å². The lowest BCUT2D eigenvalue weighted by molar-refractivity contribution is -0.142. The zero-order chi connectivity index (χ0) is 30.1. The highest BCUT2D eigenvalue weighted by Gasteiger charge is 2.32. The van der Waals surface area contributed by atoms with Crippen molar-refractivity contribution in [3.05, 3.63) is 71.9 Å². The number of rotatable bonds is 14. The summed E-state index contributed by atoms with van der Waals surface area (Å²) in [7, 11) is 0. The zero-order valence-corrected chi connectivity index (χ0v) is 22.4. The molecule has 0 aliphatic heterocycles. The van der Waals surface area contributed by atoms with E-state index in [1.165, 1.54) is 6.92 Å². The van der Waals surface area contributed by atoms with Crippen LogP contribution in [0, 0.1) is 0 Å². The molecule has 3 rings (SSSR count). The number of carboxylic acids is 1. The first-order chi connectivity index (χ1) is 19.5. The van der Waals surface area contributed by atoms with E-state index in [0.29, 0.717) is 11.1 Å². The Morgan fingerprint density at radius 3 is 2.05 bits per heavy atom. The van der Waals surface area contributed by atoms with Crippen molar-refractivity contribution in [3.63, 3.8) is 0 Å². The van der Waals surface area contributed by atoms with Gasteiger partial charge in [-0.15, -0.1) is 0 Å². The number of aliphatic hydroxyl groups is 1. The van der Waals surface area contributed by atoms with E-state index < -0.39 is 66.3 Å². The molecule has 0 radical (unpaired) electrons. The van der Waals surface area contributed by atoms with Gasteiger partial charge in [0.25, 0.3) is 0 Å². The molecule has 0 fully saturated rings. The molecule has 0 saturated carbocycles. The van der Waals surface area contributed by atoms with Crippen molar-refractivity contribution >= 4 is 40.5 Å². The number of carbonyl (C=O) groups excluding carboxylic acids is 4. The van der Waals surface area contributed by atoms with Crippen LogP contribution in [-0.2, 0) is 36.8 Å². The Morgan fingerprint density at radius 1 is 0.829 bits per heavy atom. The molecular weight excluding hydrogens is 532 g/mol. The minimum Gasteiger partial charge on any atom is -0.480 e. The van der Waals surface area contributed by atoms with Gasteiger partial charge in [0.05, 0.1) is 12.5 Å². The molecule has 0 aliphatic rings. The van der Waals surface area contributed by atoms with Crippen molar-refractivity contribution < 1.29 is 34.2 Å². The zero-order valence-electron chi connectivity index (χ0n) is 22.4. The number of H-pyrrole nitrogens is 1. The maximum Gasteiger partial charge on any atom is 0.326 e. The number of amides is 4. The number of nitrogens with two attached hydrogens (primary N) is 2. The van der Waals surface area contributed by atoms with Gasteiger partial charge in [0.15, 0.2) is 0 Å². The quantitative estimate of drug-likeness (QED) is 0.121. The molecule has 4 amide bonds. The van der Waals surface area contributed by atoms with Gasteiger partial charge in [-0.25, -0.2) is 4.79 Å². The number of hydrogen-bond acceptors (Lipinski definition) is 7. The summed E-state index contributed by atoms with van der Waals surface area (Å²) in [4.78, 5) is 65.9. The third-order valence-corrected chi connectivity index (χ3v) is 6.49. The number of nitrogens with one attached hydrogen (secondary N) is 4. The summed E-state index contributed by atoms with van der Waals surface area (Å²) in [6.07, 6.45) is -0.251. The fraction of sp³-hybridized carbons (Fsp3) is 0.321. The first-order valence-corrected chi connectivity index (χ1v) is 12.9. The molecule has 1 heterocycles. The Bertz CT molecular complexity index is 1390. The number of hydrogen-bond donors (Lipinski definition) is 8. The van der Waals surface area contributed by atoms with Gasteiger partial charge in [-0.05, 0) is 24.1 Å². The second-order valence-electron chi connectivity index (χ2n) is 9.71. The van der Waals surface area contributed by atoms with Gasteiger partial charge in [-0.1, -0.05) is 48.5 Å². The highest BCUT2D eigenvalue weighted by atomic mass is 16.4. The van der Waals surface area contributed by atoms with Crippen molar-refractivity contribution in [2.24, 2.45) is 11.5 Å². The summed E-state index contributed by atoms with van der Waals surface area (Å²) >= 11 is 0. The summed E-state index contributed by atoms with van der Waals surface area (Å²) < 4.78 is 0. The Labute approximate surface area is 235 Å². The lowest BCUT2D eigenvalue weighted by atomic mass is 10.0. The number of carbonyl (C=O) groups is 5. The average Bonchev–Trinajstić information content (AvgIpc) is 3.34. The molecule has 5 unspecified atom stereocenters. The van der Waals surface area contributed by atoms with Gasteiger partial charge in [0, 0.05) is 29.9 Å². The van der Waals surface area contributed by atoms with Gasteiger partial charge in [0.2, 0.25) is 23.6 Å². The second kappa shape index (κ2) is 14.1. The van der Waals surface area contributed by atoms with E-state index in [-0.39, 0.29) is 12.8 Å². The van der Waals surface area contributed by atoms with Crippen molar-refractivity contribution in [1.82, 2.24) is 20.9 Å². The first-order valence-electron chi connectivity index (χ1n) is 12.9. The number of primary amides is 1. The van der Waals surface area contributed by atoms with Crippen molar-refractivity contribution in [3.8, 4) is 0 Å². The number of fused-ring (bicyclic) bond motifs is 1. The van der Waals surface area contributed by atoms with Crippen LogP contribution in [0.5, 0.6) is 0 Å². The summed E-state index contributed by atoms with van der Waals surface area (Å²) in [6.45, 7) is 1.28. The summed E-state index contributed by atoms with van der Waals surface area (Å²) in [6, 6.07) is 10.5. The van der Waals surface area contributed by atoms with Gasteiger partial charge in [-0.3, -0.25) is 19.2 Å². The molecular formula is C28H34N6O7. The molecule has 0 bridgehead atoms. The minimum absolute atomic E-state index is 0.00669. The number of para-hydroxylation sites is 1. The van der Waals surface area contributed by atoms with E-state index in [1.807, 2.05) is 18.2 Å². The summed E-state index contributed by atoms with van der Waals surface area (Å²) in [5.41, 5.74) is 13.0. The fourth-order valence-corrected chi connectivity index (χ4v) is 4.22. The number of aliphatic carboxylic acids is 1. The van der Waals surface area contributed by atoms with Gasteiger partial charge in [0.1, 0.15) is 24.2 Å². The number of aliphatic hydroxyl groups excluding tert-OH is 1. The molecule has 0 saturated heterocycles. The first kappa shape index (κ1) is 30.8. The van der Waals surface area contributed by atoms with Gasteiger partial charge in [-0.2, -0.15) is 0 Å². The van der Waals surface area contributed by atoms with Crippen LogP contribution in [0.25, 0.3) is 10.9 Å². The predicted molar refractivity (Wildman–Crippen MR) is 149 cm³/mol. The van der Waals surface area contributed by atoms with Crippen molar-refractivity contribution in [2.45, 2.75) is 56.5 Å². The van der Waals surface area contributed by atoms with Crippen LogP contribution in [0.4, 0.5) is 0 Å². The van der Waals surface area contributed by atoms with Crippen LogP contribution in [0.15, 0.2) is 60.8 Å². The lowest BCUT2D eigenvalue weighted by Crippen LogP contribution is -2.59. The van der Waals surface area contributed by atoms with E-state index in [0.717, 1.165) is 10.9 Å². The largest absolute Gasteiger partial charge is 0.480 e. The highest BCUT2D eigenvalue weighted by Crippen LogP contribution is 2.19. The smallest absolute Gasteiger partial charge is 0.326 e. The van der Waals surface area contributed by atoms with Crippen molar-refractivity contribution in [2.75, 3.05) is 0 Å². The predicted octanol–water partition coefficient (Wildman–Crippen LogP) is -0.924. The van der Waals surface area contributed by atoms with Gasteiger partial charge < -0.3 is 42.6 Å². The molecule has 41 heavy (non-hydrogen) atoms. The van der Waals surface area contributed by atoms with Crippen LogP contribution in [0.2, 0.25) is 0 Å². The normalized spacial score (nSPS) is 14.7. The Balaban J connectivity index is 1.87. The molecule has 3 aromatic rings. The molecule has 0 aliphatic carbocycles.